The van der Waals surface area contributed by atoms with Gasteiger partial charge in [0.2, 0.25) is 0 Å². The zero-order valence-corrected chi connectivity index (χ0v) is 25.4. The highest BCUT2D eigenvalue weighted by Crippen LogP contribution is 2.40. The maximum absolute atomic E-state index is 14.1. The van der Waals surface area contributed by atoms with Crippen molar-refractivity contribution in [2.75, 3.05) is 34.0 Å². The van der Waals surface area contributed by atoms with Crippen LogP contribution in [0.4, 0.5) is 0 Å². The Morgan fingerprint density at radius 3 is 2.63 bits per heavy atom. The average Bonchev–Trinajstić information content (AvgIpc) is 3.23. The third-order valence-electron chi connectivity index (χ3n) is 6.20. The first-order valence-corrected chi connectivity index (χ1v) is 14.3. The number of carbonyl (C=O) groups is 1. The van der Waals surface area contributed by atoms with Gasteiger partial charge >= 0.3 is 5.97 Å². The Morgan fingerprint density at radius 2 is 1.95 bits per heavy atom. The minimum absolute atomic E-state index is 0.0487. The topological polar surface area (TPSA) is 97.6 Å². The van der Waals surface area contributed by atoms with Gasteiger partial charge in [-0.15, -0.1) is 0 Å². The number of methoxy groups -OCH3 is 2. The maximum atomic E-state index is 14.1. The van der Waals surface area contributed by atoms with Crippen LogP contribution in [0.5, 0.6) is 17.2 Å². The molecule has 0 saturated heterocycles. The fourth-order valence-corrected chi connectivity index (χ4v) is 5.73. The van der Waals surface area contributed by atoms with Crippen molar-refractivity contribution in [3.63, 3.8) is 0 Å². The minimum Gasteiger partial charge on any atom is -0.493 e. The molecule has 41 heavy (non-hydrogen) atoms. The Balaban J connectivity index is 1.98. The van der Waals surface area contributed by atoms with Gasteiger partial charge in [-0.3, -0.25) is 9.36 Å². The van der Waals surface area contributed by atoms with Gasteiger partial charge in [0.05, 0.1) is 42.2 Å². The lowest BCUT2D eigenvalue weighted by atomic mass is 9.94. The van der Waals surface area contributed by atoms with E-state index in [0.29, 0.717) is 55.0 Å². The summed E-state index contributed by atoms with van der Waals surface area (Å²) >= 11 is 7.51. The highest BCUT2D eigenvalue weighted by atomic mass is 35.5. The van der Waals surface area contributed by atoms with Crippen LogP contribution in [0.1, 0.15) is 44.9 Å². The average molecular weight is 601 g/mol. The summed E-state index contributed by atoms with van der Waals surface area (Å²) in [4.78, 5) is 32.7. The number of rotatable bonds is 11. The number of hydrogen-bond donors (Lipinski definition) is 0. The first kappa shape index (κ1) is 30.4. The number of fused-ring (bicyclic) bond motifs is 1. The summed E-state index contributed by atoms with van der Waals surface area (Å²) in [5, 5.41) is 0.507. The molecule has 0 bridgehead atoms. The summed E-state index contributed by atoms with van der Waals surface area (Å²) in [6.45, 7) is 8.05. The second-order valence-corrected chi connectivity index (χ2v) is 10.8. The fourth-order valence-electron chi connectivity index (χ4n) is 4.51. The summed E-state index contributed by atoms with van der Waals surface area (Å²) in [7, 11) is 3.06. The van der Waals surface area contributed by atoms with Gasteiger partial charge < -0.3 is 23.7 Å². The van der Waals surface area contributed by atoms with Gasteiger partial charge in [-0.05, 0) is 58.0 Å². The lowest BCUT2D eigenvalue weighted by molar-refractivity contribution is -0.140. The van der Waals surface area contributed by atoms with Crippen LogP contribution in [0.2, 0.25) is 5.02 Å². The number of esters is 1. The number of para-hydroxylation sites is 1. The Bertz CT molecular complexity index is 1640. The molecule has 0 amide bonds. The Hall–Kier alpha value is -3.60. The number of ether oxygens (including phenoxy) is 5. The maximum Gasteiger partial charge on any atom is 0.338 e. The molecule has 0 aliphatic carbocycles. The lowest BCUT2D eigenvalue weighted by Crippen LogP contribution is -2.40. The molecule has 0 saturated carbocycles. The molecule has 4 rings (SSSR count). The molecule has 2 aromatic carbocycles. The molecular formula is C30H33ClN2O7S. The van der Waals surface area contributed by atoms with Crippen molar-refractivity contribution in [1.82, 2.24) is 4.57 Å². The molecule has 1 aliphatic rings. The number of halogens is 1. The molecule has 0 N–H and O–H groups in total. The lowest BCUT2D eigenvalue weighted by Gasteiger charge is -2.27. The van der Waals surface area contributed by atoms with Gasteiger partial charge in [-0.25, -0.2) is 9.79 Å². The van der Waals surface area contributed by atoms with Crippen LogP contribution in [0.15, 0.2) is 57.5 Å². The molecule has 0 spiro atoms. The summed E-state index contributed by atoms with van der Waals surface area (Å²) in [5.74, 6) is 0.895. The molecule has 1 atom stereocenters. The van der Waals surface area contributed by atoms with Gasteiger partial charge in [0.25, 0.3) is 5.56 Å². The van der Waals surface area contributed by atoms with Crippen molar-refractivity contribution in [2.24, 2.45) is 4.99 Å². The third-order valence-corrected chi connectivity index (χ3v) is 7.41. The third kappa shape index (κ3) is 6.50. The van der Waals surface area contributed by atoms with Crippen molar-refractivity contribution >= 4 is 35.0 Å². The zero-order chi connectivity index (χ0) is 29.7. The highest BCUT2D eigenvalue weighted by molar-refractivity contribution is 7.07. The number of nitrogens with zero attached hydrogens (tertiary/aromatic N) is 2. The number of hydrogen-bond acceptors (Lipinski definition) is 9. The van der Waals surface area contributed by atoms with Crippen LogP contribution in [-0.4, -0.2) is 50.7 Å². The first-order valence-electron chi connectivity index (χ1n) is 13.1. The predicted molar refractivity (Wildman–Crippen MR) is 158 cm³/mol. The molecule has 3 aromatic rings. The van der Waals surface area contributed by atoms with E-state index in [1.54, 1.807) is 43.3 Å². The second-order valence-electron chi connectivity index (χ2n) is 9.37. The van der Waals surface area contributed by atoms with E-state index >= 15 is 0 Å². The fraction of sp³-hybridized carbons (Fsp3) is 0.367. The number of benzene rings is 2. The zero-order valence-electron chi connectivity index (χ0n) is 23.9. The normalized spacial score (nSPS) is 15.0. The predicted octanol–water partition coefficient (Wildman–Crippen LogP) is 4.27. The van der Waals surface area contributed by atoms with Crippen LogP contribution >= 0.6 is 22.9 Å². The number of aromatic nitrogens is 1. The molecular weight excluding hydrogens is 568 g/mol. The van der Waals surface area contributed by atoms with E-state index in [1.807, 2.05) is 26.8 Å². The standard InChI is InChI=1S/C30H33ClN2O7S/c1-7-38-27-21(9-8-10-23(27)37-6)26-25(29(35)39-14-13-36-5)18(4)32-30-33(26)28(34)24(41-30)16-19-15-20(31)11-12-22(19)40-17(2)3/h8-12,15-17,26H,7,13-14H2,1-6H3/b24-16+/t26-/m0/s1. The smallest absolute Gasteiger partial charge is 0.338 e. The number of carbonyl (C=O) groups excluding carboxylic acids is 1. The van der Waals surface area contributed by atoms with Crippen molar-refractivity contribution in [2.45, 2.75) is 39.8 Å². The van der Waals surface area contributed by atoms with Gasteiger partial charge in [0.1, 0.15) is 18.4 Å². The Morgan fingerprint density at radius 1 is 1.17 bits per heavy atom. The van der Waals surface area contributed by atoms with Gasteiger partial charge in [0, 0.05) is 23.3 Å². The van der Waals surface area contributed by atoms with Gasteiger partial charge in [0.15, 0.2) is 16.3 Å². The van der Waals surface area contributed by atoms with Crippen LogP contribution in [0.25, 0.3) is 6.08 Å². The molecule has 0 unspecified atom stereocenters. The van der Waals surface area contributed by atoms with Crippen molar-refractivity contribution < 1.29 is 28.5 Å². The quantitative estimate of drug-likeness (QED) is 0.239. The van der Waals surface area contributed by atoms with Crippen LogP contribution in [0, 0.1) is 0 Å². The number of allylic oxidation sites excluding steroid dienone is 1. The van der Waals surface area contributed by atoms with E-state index in [0.717, 1.165) is 0 Å². The van der Waals surface area contributed by atoms with Crippen molar-refractivity contribution in [1.29, 1.82) is 0 Å². The summed E-state index contributed by atoms with van der Waals surface area (Å²) in [5.41, 5.74) is 1.54. The Kier molecular flexibility index (Phi) is 9.90. The molecule has 0 radical (unpaired) electrons. The molecule has 2 heterocycles. The monoisotopic (exact) mass is 600 g/mol. The summed E-state index contributed by atoms with van der Waals surface area (Å²) in [6, 6.07) is 9.73. The van der Waals surface area contributed by atoms with Crippen LogP contribution in [-0.2, 0) is 14.3 Å². The highest BCUT2D eigenvalue weighted by Gasteiger charge is 2.36. The summed E-state index contributed by atoms with van der Waals surface area (Å²) < 4.78 is 30.0. The van der Waals surface area contributed by atoms with Crippen molar-refractivity contribution in [3.05, 3.63) is 83.5 Å². The van der Waals surface area contributed by atoms with Crippen LogP contribution in [0.3, 0.4) is 0 Å². The SMILES string of the molecule is CCOc1c(OC)cccc1[C@H]1C(C(=O)OCCOC)=C(C)N=c2s/c(=C/c3cc(Cl)ccc3OC(C)C)c(=O)n21. The van der Waals surface area contributed by atoms with Crippen LogP contribution < -0.4 is 29.1 Å². The first-order chi connectivity index (χ1) is 19.7. The van der Waals surface area contributed by atoms with Crippen molar-refractivity contribution in [3.8, 4) is 17.2 Å². The summed E-state index contributed by atoms with van der Waals surface area (Å²) in [6.07, 6.45) is 1.65. The second kappa shape index (κ2) is 13.4. The van der Waals surface area contributed by atoms with E-state index in [1.165, 1.54) is 30.1 Å². The molecule has 11 heteroatoms. The van der Waals surface area contributed by atoms with Gasteiger partial charge in [-0.2, -0.15) is 0 Å². The van der Waals surface area contributed by atoms with Gasteiger partial charge in [-0.1, -0.05) is 35.1 Å². The molecule has 0 fully saturated rings. The number of thiazole rings is 1. The molecule has 1 aliphatic heterocycles. The minimum atomic E-state index is -0.883. The van der Waals surface area contributed by atoms with E-state index in [-0.39, 0.29) is 30.5 Å². The van der Waals surface area contributed by atoms with E-state index in [4.69, 9.17) is 35.3 Å². The van der Waals surface area contributed by atoms with E-state index in [2.05, 4.69) is 4.99 Å². The molecule has 9 nitrogen and oxygen atoms in total. The van der Waals surface area contributed by atoms with E-state index in [9.17, 15) is 9.59 Å². The molecule has 1 aromatic heterocycles. The Labute approximate surface area is 247 Å². The molecule has 218 valence electrons. The largest absolute Gasteiger partial charge is 0.493 e. The van der Waals surface area contributed by atoms with E-state index < -0.39 is 12.0 Å².